The van der Waals surface area contributed by atoms with Crippen LogP contribution in [0.1, 0.15) is 92.9 Å². The summed E-state index contributed by atoms with van der Waals surface area (Å²) in [5.41, 5.74) is 2.65. The first-order chi connectivity index (χ1) is 19.0. The minimum absolute atomic E-state index is 0.0695. The van der Waals surface area contributed by atoms with Gasteiger partial charge in [0.1, 0.15) is 6.29 Å². The van der Waals surface area contributed by atoms with Crippen molar-refractivity contribution in [2.24, 2.45) is 22.7 Å². The van der Waals surface area contributed by atoms with Crippen LogP contribution < -0.4 is 10.4 Å². The molecule has 0 radical (unpaired) electrons. The van der Waals surface area contributed by atoms with Crippen molar-refractivity contribution in [2.75, 3.05) is 6.61 Å². The Hall–Kier alpha value is -2.23. The fraction of sp³-hybridized carbons (Fsp3) is 0.541. The molecule has 0 amide bonds. The molecule has 3 heteroatoms. The number of allylic oxidation sites excluding steroid dienone is 3. The Kier molecular flexibility index (Phi) is 9.47. The van der Waals surface area contributed by atoms with E-state index < -0.39 is 8.32 Å². The SMILES string of the molecule is C=C(C)CCC[C@@]1(C)CCC[C@H]2C1=CC[C@H](C)[C@]2(C=O)CCO[Si](c1ccccc1)(c1ccccc1)C(C)(C)C. The Bertz CT molecular complexity index is 1140. The van der Waals surface area contributed by atoms with Crippen LogP contribution in [-0.4, -0.2) is 21.2 Å². The lowest BCUT2D eigenvalue weighted by atomic mass is 9.51. The Morgan fingerprint density at radius 3 is 2.17 bits per heavy atom. The Morgan fingerprint density at radius 2 is 1.65 bits per heavy atom. The van der Waals surface area contributed by atoms with E-state index in [0.29, 0.717) is 18.4 Å². The van der Waals surface area contributed by atoms with Crippen molar-refractivity contribution < 1.29 is 9.22 Å². The second kappa shape index (κ2) is 12.3. The summed E-state index contributed by atoms with van der Waals surface area (Å²) in [6, 6.07) is 21.7. The molecule has 0 spiro atoms. The molecular weight excluding hydrogens is 504 g/mol. The van der Waals surface area contributed by atoms with Gasteiger partial charge in [-0.15, -0.1) is 6.58 Å². The third kappa shape index (κ3) is 5.74. The summed E-state index contributed by atoms with van der Waals surface area (Å²) in [6.07, 6.45) is 12.6. The van der Waals surface area contributed by atoms with Gasteiger partial charge in [0.2, 0.25) is 0 Å². The first-order valence-electron chi connectivity index (χ1n) is 15.6. The van der Waals surface area contributed by atoms with E-state index in [-0.39, 0.29) is 15.9 Å². The van der Waals surface area contributed by atoms with Gasteiger partial charge in [-0.25, -0.2) is 0 Å². The molecule has 2 aliphatic carbocycles. The van der Waals surface area contributed by atoms with Gasteiger partial charge in [0.25, 0.3) is 8.32 Å². The van der Waals surface area contributed by atoms with E-state index in [4.69, 9.17) is 4.43 Å². The molecule has 40 heavy (non-hydrogen) atoms. The summed E-state index contributed by atoms with van der Waals surface area (Å²) in [5.74, 6) is 0.638. The van der Waals surface area contributed by atoms with Crippen LogP contribution in [0.2, 0.25) is 5.04 Å². The van der Waals surface area contributed by atoms with E-state index in [2.05, 4.69) is 115 Å². The number of rotatable bonds is 11. The van der Waals surface area contributed by atoms with Crippen LogP contribution in [0.5, 0.6) is 0 Å². The van der Waals surface area contributed by atoms with Crippen LogP contribution in [0.25, 0.3) is 0 Å². The normalized spacial score (nSPS) is 27.0. The van der Waals surface area contributed by atoms with Gasteiger partial charge in [-0.1, -0.05) is 119 Å². The largest absolute Gasteiger partial charge is 0.407 e. The molecule has 0 aliphatic heterocycles. The molecule has 2 aromatic rings. The van der Waals surface area contributed by atoms with Gasteiger partial charge in [0, 0.05) is 12.0 Å². The van der Waals surface area contributed by atoms with Crippen molar-refractivity contribution >= 4 is 25.0 Å². The predicted molar refractivity (Wildman–Crippen MR) is 173 cm³/mol. The van der Waals surface area contributed by atoms with Gasteiger partial charge in [-0.2, -0.15) is 0 Å². The molecule has 1 fully saturated rings. The van der Waals surface area contributed by atoms with Crippen LogP contribution in [-0.2, 0) is 9.22 Å². The number of benzene rings is 2. The van der Waals surface area contributed by atoms with Crippen LogP contribution >= 0.6 is 0 Å². The van der Waals surface area contributed by atoms with E-state index in [0.717, 1.165) is 25.7 Å². The van der Waals surface area contributed by atoms with Crippen LogP contribution in [0.15, 0.2) is 84.5 Å². The second-order valence-corrected chi connectivity index (χ2v) is 18.4. The van der Waals surface area contributed by atoms with Gasteiger partial charge in [-0.3, -0.25) is 0 Å². The third-order valence-corrected chi connectivity index (χ3v) is 15.4. The maximum absolute atomic E-state index is 13.3. The minimum Gasteiger partial charge on any atom is -0.407 e. The Balaban J connectivity index is 1.65. The fourth-order valence-corrected chi connectivity index (χ4v) is 12.7. The van der Waals surface area contributed by atoms with E-state index in [1.165, 1.54) is 47.9 Å². The van der Waals surface area contributed by atoms with Gasteiger partial charge >= 0.3 is 0 Å². The molecule has 216 valence electrons. The van der Waals surface area contributed by atoms with Gasteiger partial charge < -0.3 is 9.22 Å². The molecule has 2 nitrogen and oxygen atoms in total. The standard InChI is InChI=1S/C37H52O2Si/c1-29(2)16-14-24-36(7)25-15-21-34-33(36)23-22-30(3)37(34,28-38)26-27-39-40(35(4,5)6,31-17-10-8-11-18-31)32-19-12-9-13-20-32/h8-13,17-20,23,28,30,34H,1,14-16,21-22,24-27H2,2-7H3/t30-,34-,36-,37+/m0/s1. The molecule has 0 bridgehead atoms. The molecular formula is C37H52O2Si. The number of carbonyl (C=O) groups is 1. The van der Waals surface area contributed by atoms with E-state index in [9.17, 15) is 4.79 Å². The first-order valence-corrected chi connectivity index (χ1v) is 17.5. The maximum atomic E-state index is 13.3. The van der Waals surface area contributed by atoms with Crippen LogP contribution in [0.3, 0.4) is 0 Å². The van der Waals surface area contributed by atoms with E-state index in [1.54, 1.807) is 5.57 Å². The maximum Gasteiger partial charge on any atom is 0.261 e. The topological polar surface area (TPSA) is 26.3 Å². The Morgan fingerprint density at radius 1 is 1.05 bits per heavy atom. The van der Waals surface area contributed by atoms with Crippen molar-refractivity contribution in [3.05, 3.63) is 84.5 Å². The van der Waals surface area contributed by atoms with E-state index in [1.807, 2.05) is 0 Å². The molecule has 0 aromatic heterocycles. The molecule has 0 saturated heterocycles. The van der Waals surface area contributed by atoms with Crippen molar-refractivity contribution in [2.45, 2.75) is 97.9 Å². The predicted octanol–water partition coefficient (Wildman–Crippen LogP) is 8.66. The third-order valence-electron chi connectivity index (χ3n) is 10.4. The molecule has 1 saturated carbocycles. The fourth-order valence-electron chi connectivity index (χ4n) is 8.10. The summed E-state index contributed by atoms with van der Waals surface area (Å²) < 4.78 is 7.32. The number of fused-ring (bicyclic) bond motifs is 1. The quantitative estimate of drug-likeness (QED) is 0.157. The highest BCUT2D eigenvalue weighted by Crippen LogP contribution is 2.58. The van der Waals surface area contributed by atoms with Crippen LogP contribution in [0.4, 0.5) is 0 Å². The van der Waals surface area contributed by atoms with Crippen molar-refractivity contribution in [1.29, 1.82) is 0 Å². The number of carbonyl (C=O) groups excluding carboxylic acids is 1. The summed E-state index contributed by atoms with van der Waals surface area (Å²) in [5, 5.41) is 2.53. The highest BCUT2D eigenvalue weighted by atomic mass is 28.4. The summed E-state index contributed by atoms with van der Waals surface area (Å²) in [7, 11) is -2.64. The smallest absolute Gasteiger partial charge is 0.261 e. The Labute approximate surface area is 245 Å². The monoisotopic (exact) mass is 556 g/mol. The van der Waals surface area contributed by atoms with Gasteiger partial charge in [0.05, 0.1) is 0 Å². The van der Waals surface area contributed by atoms with Crippen molar-refractivity contribution in [3.63, 3.8) is 0 Å². The molecule has 2 aliphatic rings. The lowest BCUT2D eigenvalue weighted by molar-refractivity contribution is -0.125. The minimum atomic E-state index is -2.64. The first kappa shape index (κ1) is 30.7. The molecule has 4 atom stereocenters. The van der Waals surface area contributed by atoms with E-state index >= 15 is 0 Å². The highest BCUT2D eigenvalue weighted by Gasteiger charge is 2.54. The molecule has 4 rings (SSSR count). The van der Waals surface area contributed by atoms with Gasteiger partial charge in [-0.05, 0) is 84.5 Å². The zero-order chi connectivity index (χ0) is 29.0. The average Bonchev–Trinajstić information content (AvgIpc) is 2.92. The van der Waals surface area contributed by atoms with Crippen molar-refractivity contribution in [3.8, 4) is 0 Å². The zero-order valence-corrected chi connectivity index (χ0v) is 27.0. The molecule has 0 N–H and O–H groups in total. The number of hydrogen-bond donors (Lipinski definition) is 0. The number of aldehydes is 1. The zero-order valence-electron chi connectivity index (χ0n) is 26.0. The van der Waals surface area contributed by atoms with Gasteiger partial charge in [0.15, 0.2) is 0 Å². The second-order valence-electron chi connectivity index (χ2n) is 14.1. The van der Waals surface area contributed by atoms with Crippen LogP contribution in [0, 0.1) is 22.7 Å². The average molecular weight is 557 g/mol. The summed E-state index contributed by atoms with van der Waals surface area (Å²) in [6.45, 7) is 18.6. The highest BCUT2D eigenvalue weighted by molar-refractivity contribution is 6.99. The molecule has 2 aromatic carbocycles. The number of hydrogen-bond acceptors (Lipinski definition) is 2. The molecule has 0 heterocycles. The summed E-state index contributed by atoms with van der Waals surface area (Å²) in [4.78, 5) is 13.3. The summed E-state index contributed by atoms with van der Waals surface area (Å²) >= 11 is 0. The molecule has 0 unspecified atom stereocenters. The lowest BCUT2D eigenvalue weighted by Crippen LogP contribution is -2.66. The lowest BCUT2D eigenvalue weighted by Gasteiger charge is -2.53. The van der Waals surface area contributed by atoms with Crippen molar-refractivity contribution in [1.82, 2.24) is 0 Å².